The fourth-order valence-electron chi connectivity index (χ4n) is 4.57. The summed E-state index contributed by atoms with van der Waals surface area (Å²) in [7, 11) is 4.88. The van der Waals surface area contributed by atoms with Crippen LogP contribution in [0.4, 0.5) is 31.8 Å². The SMILES string of the molecule is CNc1nc(Nc2ccc(N3CCC(N4CCN(C)CC4)CC3)c(F)c2F)c(C(=O)OC)nc1Cl. The van der Waals surface area contributed by atoms with Gasteiger partial charge >= 0.3 is 5.97 Å². The highest BCUT2D eigenvalue weighted by Gasteiger charge is 2.29. The zero-order valence-electron chi connectivity index (χ0n) is 20.1. The van der Waals surface area contributed by atoms with Gasteiger partial charge in [-0.1, -0.05) is 11.6 Å². The molecule has 0 saturated carbocycles. The van der Waals surface area contributed by atoms with Crippen molar-refractivity contribution in [2.75, 3.05) is 76.0 Å². The highest BCUT2D eigenvalue weighted by molar-refractivity contribution is 6.32. The number of rotatable bonds is 6. The van der Waals surface area contributed by atoms with Crippen LogP contribution < -0.4 is 15.5 Å². The number of piperidine rings is 1. The molecule has 2 saturated heterocycles. The number of carbonyl (C=O) groups excluding carboxylic acids is 1. The Morgan fingerprint density at radius 2 is 1.74 bits per heavy atom. The maximum atomic E-state index is 15.1. The van der Waals surface area contributed by atoms with Crippen LogP contribution in [0.15, 0.2) is 12.1 Å². The van der Waals surface area contributed by atoms with Gasteiger partial charge in [0.15, 0.2) is 34.1 Å². The number of esters is 1. The lowest BCUT2D eigenvalue weighted by molar-refractivity contribution is 0.0595. The minimum atomic E-state index is -1.07. The number of benzene rings is 1. The topological polar surface area (TPSA) is 85.9 Å². The smallest absolute Gasteiger partial charge is 0.360 e. The van der Waals surface area contributed by atoms with Gasteiger partial charge < -0.3 is 25.2 Å². The monoisotopic (exact) mass is 509 g/mol. The number of nitrogens with one attached hydrogen (secondary N) is 2. The molecule has 2 fully saturated rings. The molecule has 4 rings (SSSR count). The molecular formula is C23H30ClF2N7O2. The van der Waals surface area contributed by atoms with Crippen LogP contribution in [-0.4, -0.2) is 92.3 Å². The fourth-order valence-corrected chi connectivity index (χ4v) is 4.79. The number of anilines is 4. The van der Waals surface area contributed by atoms with Gasteiger partial charge in [-0.15, -0.1) is 0 Å². The summed E-state index contributed by atoms with van der Waals surface area (Å²) in [6, 6.07) is 3.43. The number of hydrogen-bond donors (Lipinski definition) is 2. The number of piperazine rings is 1. The number of carbonyl (C=O) groups is 1. The van der Waals surface area contributed by atoms with E-state index in [0.29, 0.717) is 19.1 Å². The van der Waals surface area contributed by atoms with Gasteiger partial charge in [-0.05, 0) is 32.0 Å². The highest BCUT2D eigenvalue weighted by atomic mass is 35.5. The number of likely N-dealkylation sites (N-methyl/N-ethyl adjacent to an activating group) is 1. The molecule has 0 atom stereocenters. The van der Waals surface area contributed by atoms with Gasteiger partial charge in [0.05, 0.1) is 18.5 Å². The van der Waals surface area contributed by atoms with E-state index < -0.39 is 17.6 Å². The van der Waals surface area contributed by atoms with Crippen molar-refractivity contribution in [3.05, 3.63) is 34.6 Å². The zero-order valence-corrected chi connectivity index (χ0v) is 20.8. The van der Waals surface area contributed by atoms with Gasteiger partial charge in [-0.3, -0.25) is 4.90 Å². The summed E-state index contributed by atoms with van der Waals surface area (Å²) >= 11 is 6.02. The molecule has 0 aliphatic carbocycles. The molecule has 1 aromatic heterocycles. The Hall–Kier alpha value is -2.76. The fraction of sp³-hybridized carbons (Fsp3) is 0.522. The summed E-state index contributed by atoms with van der Waals surface area (Å²) < 4.78 is 35.0. The van der Waals surface area contributed by atoms with Crippen LogP contribution in [0.3, 0.4) is 0 Å². The first-order valence-electron chi connectivity index (χ1n) is 11.6. The lowest BCUT2D eigenvalue weighted by atomic mass is 10.0. The number of nitrogens with zero attached hydrogens (tertiary/aromatic N) is 5. The predicted octanol–water partition coefficient (Wildman–Crippen LogP) is 3.20. The second kappa shape index (κ2) is 10.9. The maximum absolute atomic E-state index is 15.1. The second-order valence-corrected chi connectivity index (χ2v) is 9.10. The van der Waals surface area contributed by atoms with Crippen molar-refractivity contribution >= 4 is 40.6 Å². The van der Waals surface area contributed by atoms with Crippen molar-refractivity contribution in [1.82, 2.24) is 19.8 Å². The molecule has 0 unspecified atom stereocenters. The maximum Gasteiger partial charge on any atom is 0.360 e. The molecule has 35 heavy (non-hydrogen) atoms. The van der Waals surface area contributed by atoms with Crippen molar-refractivity contribution < 1.29 is 18.3 Å². The summed E-state index contributed by atoms with van der Waals surface area (Å²) in [4.78, 5) is 27.0. The summed E-state index contributed by atoms with van der Waals surface area (Å²) in [5.74, 6) is -2.77. The van der Waals surface area contributed by atoms with Crippen LogP contribution in [0.1, 0.15) is 23.3 Å². The number of halogens is 3. The lowest BCUT2D eigenvalue weighted by Crippen LogP contribution is -2.52. The van der Waals surface area contributed by atoms with E-state index in [-0.39, 0.29) is 33.9 Å². The molecule has 1 aromatic carbocycles. The highest BCUT2D eigenvalue weighted by Crippen LogP contribution is 2.32. The second-order valence-electron chi connectivity index (χ2n) is 8.74. The average Bonchev–Trinajstić information content (AvgIpc) is 2.87. The van der Waals surface area contributed by atoms with Crippen molar-refractivity contribution in [1.29, 1.82) is 0 Å². The number of hydrogen-bond acceptors (Lipinski definition) is 9. The summed E-state index contributed by atoms with van der Waals surface area (Å²) in [5.41, 5.74) is -0.204. The molecule has 0 radical (unpaired) electrons. The van der Waals surface area contributed by atoms with Crippen LogP contribution in [0.5, 0.6) is 0 Å². The molecule has 9 nitrogen and oxygen atoms in total. The minimum absolute atomic E-state index is 0.0552. The summed E-state index contributed by atoms with van der Waals surface area (Å²) in [5, 5.41) is 5.35. The van der Waals surface area contributed by atoms with E-state index in [4.69, 9.17) is 16.3 Å². The van der Waals surface area contributed by atoms with Crippen LogP contribution in [0.2, 0.25) is 5.15 Å². The van der Waals surface area contributed by atoms with Crippen molar-refractivity contribution in [3.8, 4) is 0 Å². The third-order valence-electron chi connectivity index (χ3n) is 6.64. The largest absolute Gasteiger partial charge is 0.464 e. The quantitative estimate of drug-likeness (QED) is 0.570. The molecule has 2 aromatic rings. The molecule has 2 N–H and O–H groups in total. The van der Waals surface area contributed by atoms with E-state index in [1.807, 2.05) is 4.90 Å². The molecule has 12 heteroatoms. The first-order valence-corrected chi connectivity index (χ1v) is 12.0. The Labute approximate surface area is 208 Å². The molecule has 0 amide bonds. The van der Waals surface area contributed by atoms with Crippen LogP contribution >= 0.6 is 11.6 Å². The molecule has 0 bridgehead atoms. The third kappa shape index (κ3) is 5.41. The Morgan fingerprint density at radius 1 is 1.06 bits per heavy atom. The first kappa shape index (κ1) is 25.3. The molecular weight excluding hydrogens is 480 g/mol. The molecule has 0 spiro atoms. The summed E-state index contributed by atoms with van der Waals surface area (Å²) in [6.45, 7) is 5.50. The van der Waals surface area contributed by atoms with Crippen LogP contribution in [-0.2, 0) is 4.74 Å². The van der Waals surface area contributed by atoms with E-state index in [9.17, 15) is 4.79 Å². The van der Waals surface area contributed by atoms with Gasteiger partial charge in [0.25, 0.3) is 0 Å². The van der Waals surface area contributed by atoms with Crippen LogP contribution in [0.25, 0.3) is 0 Å². The predicted molar refractivity (Wildman–Crippen MR) is 132 cm³/mol. The first-order chi connectivity index (χ1) is 16.8. The van der Waals surface area contributed by atoms with Gasteiger partial charge in [0.1, 0.15) is 0 Å². The average molecular weight is 510 g/mol. The van der Waals surface area contributed by atoms with Crippen molar-refractivity contribution in [3.63, 3.8) is 0 Å². The van der Waals surface area contributed by atoms with Crippen molar-refractivity contribution in [2.24, 2.45) is 0 Å². The van der Waals surface area contributed by atoms with Crippen molar-refractivity contribution in [2.45, 2.75) is 18.9 Å². The van der Waals surface area contributed by atoms with Gasteiger partial charge in [-0.2, -0.15) is 0 Å². The standard InChI is InChI=1S/C23H30ClF2N7O2/c1-27-22-20(24)29-19(23(34)35-3)21(30-22)28-15-4-5-16(18(26)17(15)25)33-8-6-14(7-9-33)32-12-10-31(2)11-13-32/h4-5,14H,6-13H2,1-3H3,(H2,27,28,30). The van der Waals surface area contributed by atoms with Gasteiger partial charge in [0, 0.05) is 52.4 Å². The van der Waals surface area contributed by atoms with E-state index in [2.05, 4.69) is 37.4 Å². The lowest BCUT2D eigenvalue weighted by Gasteiger charge is -2.42. The minimum Gasteiger partial charge on any atom is -0.464 e. The van der Waals surface area contributed by atoms with Crippen LogP contribution in [0, 0.1) is 11.6 Å². The van der Waals surface area contributed by atoms with E-state index in [0.717, 1.165) is 39.0 Å². The third-order valence-corrected chi connectivity index (χ3v) is 6.91. The molecule has 2 aliphatic rings. The van der Waals surface area contributed by atoms with E-state index in [1.54, 1.807) is 7.05 Å². The Morgan fingerprint density at radius 3 is 2.37 bits per heavy atom. The van der Waals surface area contributed by atoms with Gasteiger partial charge in [-0.25, -0.2) is 23.5 Å². The number of ether oxygens (including phenoxy) is 1. The number of aromatic nitrogens is 2. The molecule has 3 heterocycles. The Bertz CT molecular complexity index is 1070. The van der Waals surface area contributed by atoms with E-state index in [1.165, 1.54) is 19.2 Å². The Kier molecular flexibility index (Phi) is 7.88. The summed E-state index contributed by atoms with van der Waals surface area (Å²) in [6.07, 6.45) is 1.81. The number of methoxy groups -OCH3 is 1. The molecule has 2 aliphatic heterocycles. The molecule has 190 valence electrons. The van der Waals surface area contributed by atoms with Gasteiger partial charge in [0.2, 0.25) is 0 Å². The van der Waals surface area contributed by atoms with E-state index >= 15 is 8.78 Å². The normalized spacial score (nSPS) is 17.9. The zero-order chi connectivity index (χ0) is 25.1. The Balaban J connectivity index is 1.50.